The van der Waals surface area contributed by atoms with Gasteiger partial charge < -0.3 is 15.2 Å². The molecule has 0 unspecified atom stereocenters. The van der Waals surface area contributed by atoms with Crippen molar-refractivity contribution in [2.75, 3.05) is 26.4 Å². The van der Waals surface area contributed by atoms with Crippen molar-refractivity contribution in [2.45, 2.75) is 6.54 Å². The fourth-order valence-corrected chi connectivity index (χ4v) is 3.11. The minimum Gasteiger partial charge on any atom is -0.394 e. The molecule has 0 aliphatic carbocycles. The van der Waals surface area contributed by atoms with Crippen LogP contribution < -0.4 is 5.32 Å². The largest absolute Gasteiger partial charge is 0.394 e. The first-order valence-electron chi connectivity index (χ1n) is 6.54. The van der Waals surface area contributed by atoms with Crippen molar-refractivity contribution in [3.8, 4) is 10.4 Å². The zero-order chi connectivity index (χ0) is 14.2. The SMILES string of the molecule is OCCOCCNCc1ccc(-c2ccccc2Cl)s1. The average molecular weight is 312 g/mol. The van der Waals surface area contributed by atoms with E-state index < -0.39 is 0 Å². The molecule has 2 aromatic rings. The molecule has 5 heteroatoms. The molecule has 1 aromatic heterocycles. The number of benzene rings is 1. The normalized spacial score (nSPS) is 10.9. The van der Waals surface area contributed by atoms with Gasteiger partial charge in [-0.05, 0) is 18.2 Å². The fourth-order valence-electron chi connectivity index (χ4n) is 1.80. The maximum absolute atomic E-state index is 8.58. The van der Waals surface area contributed by atoms with Gasteiger partial charge in [-0.1, -0.05) is 29.8 Å². The summed E-state index contributed by atoms with van der Waals surface area (Å²) in [6, 6.07) is 12.1. The van der Waals surface area contributed by atoms with Crippen LogP contribution >= 0.6 is 22.9 Å². The lowest BCUT2D eigenvalue weighted by molar-refractivity contribution is 0.0938. The maximum Gasteiger partial charge on any atom is 0.0698 e. The molecule has 2 N–H and O–H groups in total. The van der Waals surface area contributed by atoms with Crippen LogP contribution in [0.4, 0.5) is 0 Å². The third-order valence-corrected chi connectivity index (χ3v) is 4.21. The van der Waals surface area contributed by atoms with E-state index >= 15 is 0 Å². The van der Waals surface area contributed by atoms with Gasteiger partial charge >= 0.3 is 0 Å². The molecule has 0 bridgehead atoms. The second kappa shape index (κ2) is 8.39. The maximum atomic E-state index is 8.58. The Morgan fingerprint density at radius 2 is 2.00 bits per heavy atom. The van der Waals surface area contributed by atoms with Crippen molar-refractivity contribution in [2.24, 2.45) is 0 Å². The molecular formula is C15H18ClNO2S. The number of nitrogens with one attached hydrogen (secondary N) is 1. The summed E-state index contributed by atoms with van der Waals surface area (Å²) in [6.45, 7) is 2.68. The van der Waals surface area contributed by atoms with Crippen molar-refractivity contribution < 1.29 is 9.84 Å². The van der Waals surface area contributed by atoms with E-state index in [4.69, 9.17) is 21.4 Å². The van der Waals surface area contributed by atoms with Crippen LogP contribution in [0.3, 0.4) is 0 Å². The summed E-state index contributed by atoms with van der Waals surface area (Å²) in [5.74, 6) is 0. The van der Waals surface area contributed by atoms with Crippen molar-refractivity contribution in [1.82, 2.24) is 5.32 Å². The van der Waals surface area contributed by atoms with Gasteiger partial charge in [0.2, 0.25) is 0 Å². The number of ether oxygens (including phenoxy) is 1. The highest BCUT2D eigenvalue weighted by molar-refractivity contribution is 7.15. The van der Waals surface area contributed by atoms with E-state index in [9.17, 15) is 0 Å². The smallest absolute Gasteiger partial charge is 0.0698 e. The van der Waals surface area contributed by atoms with Gasteiger partial charge in [-0.25, -0.2) is 0 Å². The molecule has 0 fully saturated rings. The van der Waals surface area contributed by atoms with Gasteiger partial charge in [-0.15, -0.1) is 11.3 Å². The number of halogens is 1. The molecule has 0 saturated carbocycles. The molecule has 0 radical (unpaired) electrons. The Bertz CT molecular complexity index is 530. The van der Waals surface area contributed by atoms with Gasteiger partial charge in [-0.2, -0.15) is 0 Å². The van der Waals surface area contributed by atoms with Crippen LogP contribution in [0.25, 0.3) is 10.4 Å². The first-order valence-corrected chi connectivity index (χ1v) is 7.73. The van der Waals surface area contributed by atoms with Gasteiger partial charge in [0.25, 0.3) is 0 Å². The number of hydrogen-bond donors (Lipinski definition) is 2. The molecular weight excluding hydrogens is 294 g/mol. The summed E-state index contributed by atoms with van der Waals surface area (Å²) in [5, 5.41) is 12.7. The highest BCUT2D eigenvalue weighted by atomic mass is 35.5. The van der Waals surface area contributed by atoms with Crippen LogP contribution in [0, 0.1) is 0 Å². The zero-order valence-corrected chi connectivity index (χ0v) is 12.7. The predicted molar refractivity (Wildman–Crippen MR) is 84.4 cm³/mol. The third-order valence-electron chi connectivity index (χ3n) is 2.76. The predicted octanol–water partition coefficient (Wildman–Crippen LogP) is 3.17. The van der Waals surface area contributed by atoms with Gasteiger partial charge in [0.15, 0.2) is 0 Å². The van der Waals surface area contributed by atoms with Crippen molar-refractivity contribution >= 4 is 22.9 Å². The second-order valence-electron chi connectivity index (χ2n) is 4.26. The van der Waals surface area contributed by atoms with E-state index in [2.05, 4.69) is 17.4 Å². The monoisotopic (exact) mass is 311 g/mol. The highest BCUT2D eigenvalue weighted by Gasteiger charge is 2.05. The summed E-state index contributed by atoms with van der Waals surface area (Å²) in [4.78, 5) is 2.45. The van der Waals surface area contributed by atoms with Crippen LogP contribution in [-0.4, -0.2) is 31.5 Å². The van der Waals surface area contributed by atoms with Gasteiger partial charge in [0.05, 0.1) is 19.8 Å². The standard InChI is InChI=1S/C15H18ClNO2S/c16-14-4-2-1-3-13(14)15-6-5-12(20-15)11-17-7-9-19-10-8-18/h1-6,17-18H,7-11H2. The van der Waals surface area contributed by atoms with Gasteiger partial charge in [-0.3, -0.25) is 0 Å². The van der Waals surface area contributed by atoms with Gasteiger partial charge in [0.1, 0.15) is 0 Å². The fraction of sp³-hybridized carbons (Fsp3) is 0.333. The first kappa shape index (κ1) is 15.5. The van der Waals surface area contributed by atoms with Crippen LogP contribution in [0.1, 0.15) is 4.88 Å². The zero-order valence-electron chi connectivity index (χ0n) is 11.1. The molecule has 1 heterocycles. The molecule has 108 valence electrons. The number of thiophene rings is 1. The highest BCUT2D eigenvalue weighted by Crippen LogP contribution is 2.33. The summed E-state index contributed by atoms with van der Waals surface area (Å²) in [5.41, 5.74) is 1.08. The van der Waals surface area contributed by atoms with E-state index in [1.54, 1.807) is 11.3 Å². The third kappa shape index (κ3) is 4.58. The second-order valence-corrected chi connectivity index (χ2v) is 5.83. The number of aliphatic hydroxyl groups excluding tert-OH is 1. The van der Waals surface area contributed by atoms with Crippen LogP contribution in [-0.2, 0) is 11.3 Å². The van der Waals surface area contributed by atoms with E-state index in [0.717, 1.165) is 23.7 Å². The van der Waals surface area contributed by atoms with E-state index in [1.807, 2.05) is 24.3 Å². The summed E-state index contributed by atoms with van der Waals surface area (Å²) >= 11 is 7.94. The first-order chi connectivity index (χ1) is 9.81. The molecule has 1 aromatic carbocycles. The van der Waals surface area contributed by atoms with Crippen molar-refractivity contribution in [1.29, 1.82) is 0 Å². The molecule has 0 atom stereocenters. The Balaban J connectivity index is 1.82. The molecule has 2 rings (SSSR count). The summed E-state index contributed by atoms with van der Waals surface area (Å²) in [7, 11) is 0. The van der Waals surface area contributed by atoms with Crippen molar-refractivity contribution in [3.63, 3.8) is 0 Å². The quantitative estimate of drug-likeness (QED) is 0.736. The molecule has 20 heavy (non-hydrogen) atoms. The van der Waals surface area contributed by atoms with Gasteiger partial charge in [0, 0.05) is 33.4 Å². The lowest BCUT2D eigenvalue weighted by atomic mass is 10.2. The summed E-state index contributed by atoms with van der Waals surface area (Å²) < 4.78 is 5.18. The molecule has 0 aliphatic rings. The molecule has 0 aliphatic heterocycles. The van der Waals surface area contributed by atoms with Crippen LogP contribution in [0.2, 0.25) is 5.02 Å². The van der Waals surface area contributed by atoms with Crippen LogP contribution in [0.5, 0.6) is 0 Å². The lowest BCUT2D eigenvalue weighted by Crippen LogP contribution is -2.19. The van der Waals surface area contributed by atoms with E-state index in [1.165, 1.54) is 9.75 Å². The lowest BCUT2D eigenvalue weighted by Gasteiger charge is -2.03. The topological polar surface area (TPSA) is 41.5 Å². The molecule has 3 nitrogen and oxygen atoms in total. The Morgan fingerprint density at radius 3 is 2.80 bits per heavy atom. The number of hydrogen-bond acceptors (Lipinski definition) is 4. The van der Waals surface area contributed by atoms with Crippen molar-refractivity contribution in [3.05, 3.63) is 46.3 Å². The number of aliphatic hydroxyl groups is 1. The van der Waals surface area contributed by atoms with E-state index in [-0.39, 0.29) is 6.61 Å². The Kier molecular flexibility index (Phi) is 6.50. The van der Waals surface area contributed by atoms with E-state index in [0.29, 0.717) is 13.2 Å². The minimum atomic E-state index is 0.0755. The molecule has 0 amide bonds. The Hall–Kier alpha value is -0.910. The Labute approximate surface area is 128 Å². The summed E-state index contributed by atoms with van der Waals surface area (Å²) in [6.07, 6.45) is 0. The Morgan fingerprint density at radius 1 is 1.15 bits per heavy atom. The molecule has 0 spiro atoms. The van der Waals surface area contributed by atoms with Crippen LogP contribution in [0.15, 0.2) is 36.4 Å². The number of rotatable bonds is 8. The molecule has 0 saturated heterocycles. The minimum absolute atomic E-state index is 0.0755. The average Bonchev–Trinajstić information content (AvgIpc) is 2.92.